The first-order valence-electron chi connectivity index (χ1n) is 9.51. The van der Waals surface area contributed by atoms with E-state index in [1.165, 1.54) is 11.1 Å². The lowest BCUT2D eigenvalue weighted by Gasteiger charge is -2.23. The predicted octanol–water partition coefficient (Wildman–Crippen LogP) is 4.61. The number of ether oxygens (including phenoxy) is 1. The second kappa shape index (κ2) is 9.40. The molecular weight excluding hydrogens is 354 g/mol. The highest BCUT2D eigenvalue weighted by Gasteiger charge is 2.19. The van der Waals surface area contributed by atoms with Gasteiger partial charge < -0.3 is 15.2 Å². The van der Waals surface area contributed by atoms with Gasteiger partial charge in [0.05, 0.1) is 6.42 Å². The van der Waals surface area contributed by atoms with E-state index >= 15 is 0 Å². The number of hydrogen-bond donors (Lipinski definition) is 2. The Morgan fingerprint density at radius 1 is 1.04 bits per heavy atom. The molecule has 0 spiro atoms. The van der Waals surface area contributed by atoms with Crippen LogP contribution in [0.25, 0.3) is 0 Å². The van der Waals surface area contributed by atoms with Crippen LogP contribution in [-0.2, 0) is 21.4 Å². The smallest absolute Gasteiger partial charge is 0.303 e. The van der Waals surface area contributed by atoms with Crippen LogP contribution in [0, 0.1) is 6.92 Å². The summed E-state index contributed by atoms with van der Waals surface area (Å²) in [5.74, 6) is 0.422. The van der Waals surface area contributed by atoms with Crippen molar-refractivity contribution in [3.8, 4) is 11.5 Å². The molecule has 0 aliphatic rings. The van der Waals surface area contributed by atoms with Crippen molar-refractivity contribution in [1.82, 2.24) is 5.32 Å². The molecule has 5 nitrogen and oxygen atoms in total. The summed E-state index contributed by atoms with van der Waals surface area (Å²) < 4.78 is 6.12. The van der Waals surface area contributed by atoms with E-state index in [0.717, 1.165) is 17.1 Å². The quantitative estimate of drug-likeness (QED) is 0.698. The standard InChI is InChI=1S/C23H29NO4/c1-16-5-10-20(19(15-16)23(2,3)4)28-18-8-6-17(7-9-18)13-14-24-21(25)11-12-22(26)27/h5-10,15H,11-14H2,1-4H3,(H,24,25)(H,26,27). The minimum atomic E-state index is -0.964. The molecule has 0 aliphatic heterocycles. The van der Waals surface area contributed by atoms with Crippen molar-refractivity contribution in [3.05, 3.63) is 59.2 Å². The van der Waals surface area contributed by atoms with Crippen LogP contribution >= 0.6 is 0 Å². The van der Waals surface area contributed by atoms with Crippen LogP contribution in [0.3, 0.4) is 0 Å². The third-order valence-corrected chi connectivity index (χ3v) is 4.40. The fraction of sp³-hybridized carbons (Fsp3) is 0.391. The number of benzene rings is 2. The third-order valence-electron chi connectivity index (χ3n) is 4.40. The molecule has 2 aromatic carbocycles. The van der Waals surface area contributed by atoms with Crippen molar-refractivity contribution in [3.63, 3.8) is 0 Å². The van der Waals surface area contributed by atoms with Gasteiger partial charge in [0.1, 0.15) is 11.5 Å². The number of carboxylic acid groups (broad SMARTS) is 1. The third kappa shape index (κ3) is 6.72. The van der Waals surface area contributed by atoms with E-state index in [1.54, 1.807) is 0 Å². The van der Waals surface area contributed by atoms with Crippen LogP contribution < -0.4 is 10.1 Å². The molecule has 150 valence electrons. The van der Waals surface area contributed by atoms with Crippen molar-refractivity contribution >= 4 is 11.9 Å². The molecule has 0 saturated carbocycles. The van der Waals surface area contributed by atoms with E-state index in [4.69, 9.17) is 9.84 Å². The molecule has 0 radical (unpaired) electrons. The fourth-order valence-electron chi connectivity index (χ4n) is 2.83. The van der Waals surface area contributed by atoms with Crippen molar-refractivity contribution in [2.45, 2.75) is 52.4 Å². The summed E-state index contributed by atoms with van der Waals surface area (Å²) >= 11 is 0. The van der Waals surface area contributed by atoms with Gasteiger partial charge in [-0.3, -0.25) is 9.59 Å². The molecule has 0 saturated heterocycles. The molecule has 1 amide bonds. The summed E-state index contributed by atoms with van der Waals surface area (Å²) in [7, 11) is 0. The summed E-state index contributed by atoms with van der Waals surface area (Å²) in [6, 6.07) is 14.0. The minimum absolute atomic E-state index is 0.00870. The van der Waals surface area contributed by atoms with Crippen molar-refractivity contribution in [1.29, 1.82) is 0 Å². The number of hydrogen-bond acceptors (Lipinski definition) is 3. The number of nitrogens with one attached hydrogen (secondary N) is 1. The fourth-order valence-corrected chi connectivity index (χ4v) is 2.83. The number of carboxylic acids is 1. The summed E-state index contributed by atoms with van der Waals surface area (Å²) in [5, 5.41) is 11.3. The van der Waals surface area contributed by atoms with Gasteiger partial charge in [0, 0.05) is 18.5 Å². The first kappa shape index (κ1) is 21.5. The second-order valence-electron chi connectivity index (χ2n) is 7.99. The van der Waals surface area contributed by atoms with Gasteiger partial charge in [-0.25, -0.2) is 0 Å². The number of carbonyl (C=O) groups excluding carboxylic acids is 1. The van der Waals surface area contributed by atoms with E-state index in [2.05, 4.69) is 39.1 Å². The Kier molecular flexibility index (Phi) is 7.21. The maximum Gasteiger partial charge on any atom is 0.303 e. The van der Waals surface area contributed by atoms with Gasteiger partial charge in [0.25, 0.3) is 0 Å². The zero-order valence-corrected chi connectivity index (χ0v) is 17.0. The molecule has 28 heavy (non-hydrogen) atoms. The van der Waals surface area contributed by atoms with E-state index in [-0.39, 0.29) is 24.2 Å². The van der Waals surface area contributed by atoms with Crippen LogP contribution in [0.5, 0.6) is 11.5 Å². The lowest BCUT2D eigenvalue weighted by atomic mass is 9.85. The Morgan fingerprint density at radius 2 is 1.71 bits per heavy atom. The van der Waals surface area contributed by atoms with Gasteiger partial charge in [-0.2, -0.15) is 0 Å². The van der Waals surface area contributed by atoms with Gasteiger partial charge in [-0.05, 0) is 42.5 Å². The first-order chi connectivity index (χ1) is 13.1. The van der Waals surface area contributed by atoms with Gasteiger partial charge in [0.2, 0.25) is 5.91 Å². The molecule has 0 aromatic heterocycles. The molecule has 5 heteroatoms. The summed E-state index contributed by atoms with van der Waals surface area (Å²) in [6.45, 7) is 9.06. The Hall–Kier alpha value is -2.82. The second-order valence-corrected chi connectivity index (χ2v) is 7.99. The predicted molar refractivity (Wildman–Crippen MR) is 110 cm³/mol. The molecule has 2 aromatic rings. The molecular formula is C23H29NO4. The van der Waals surface area contributed by atoms with Gasteiger partial charge in [-0.15, -0.1) is 0 Å². The molecule has 0 heterocycles. The van der Waals surface area contributed by atoms with Crippen LogP contribution in [0.15, 0.2) is 42.5 Å². The molecule has 0 fully saturated rings. The normalized spacial score (nSPS) is 11.1. The Balaban J connectivity index is 1.93. The lowest BCUT2D eigenvalue weighted by molar-refractivity contribution is -0.138. The summed E-state index contributed by atoms with van der Waals surface area (Å²) in [5.41, 5.74) is 3.43. The Labute approximate surface area is 166 Å². The van der Waals surface area contributed by atoms with Crippen LogP contribution in [-0.4, -0.2) is 23.5 Å². The summed E-state index contributed by atoms with van der Waals surface area (Å²) in [6.07, 6.45) is 0.541. The number of carbonyl (C=O) groups is 2. The topological polar surface area (TPSA) is 75.6 Å². The van der Waals surface area contributed by atoms with E-state index in [9.17, 15) is 9.59 Å². The number of aliphatic carboxylic acids is 1. The maximum absolute atomic E-state index is 11.5. The SMILES string of the molecule is Cc1ccc(Oc2ccc(CCNC(=O)CCC(=O)O)cc2)c(C(C)(C)C)c1. The van der Waals surface area contributed by atoms with Crippen molar-refractivity contribution in [2.24, 2.45) is 0 Å². The van der Waals surface area contributed by atoms with Gasteiger partial charge in [-0.1, -0.05) is 50.6 Å². The molecule has 0 atom stereocenters. The highest BCUT2D eigenvalue weighted by Crippen LogP contribution is 2.34. The molecule has 2 N–H and O–H groups in total. The highest BCUT2D eigenvalue weighted by molar-refractivity contribution is 5.80. The first-order valence-corrected chi connectivity index (χ1v) is 9.51. The molecule has 0 bridgehead atoms. The number of rotatable bonds is 8. The van der Waals surface area contributed by atoms with Crippen molar-refractivity contribution in [2.75, 3.05) is 6.54 Å². The average Bonchev–Trinajstić information content (AvgIpc) is 2.62. The average molecular weight is 383 g/mol. The zero-order chi connectivity index (χ0) is 20.7. The zero-order valence-electron chi connectivity index (χ0n) is 17.0. The molecule has 0 unspecified atom stereocenters. The lowest BCUT2D eigenvalue weighted by Crippen LogP contribution is -2.25. The Bertz CT molecular complexity index is 819. The summed E-state index contributed by atoms with van der Waals surface area (Å²) in [4.78, 5) is 22.0. The highest BCUT2D eigenvalue weighted by atomic mass is 16.5. The van der Waals surface area contributed by atoms with Crippen LogP contribution in [0.1, 0.15) is 50.3 Å². The van der Waals surface area contributed by atoms with Crippen molar-refractivity contribution < 1.29 is 19.4 Å². The van der Waals surface area contributed by atoms with E-state index in [0.29, 0.717) is 13.0 Å². The Morgan fingerprint density at radius 3 is 2.32 bits per heavy atom. The number of aryl methyl sites for hydroxylation is 1. The molecule has 2 rings (SSSR count). The van der Waals surface area contributed by atoms with Crippen LogP contribution in [0.4, 0.5) is 0 Å². The van der Waals surface area contributed by atoms with Crippen LogP contribution in [0.2, 0.25) is 0 Å². The van der Waals surface area contributed by atoms with Gasteiger partial charge >= 0.3 is 5.97 Å². The van der Waals surface area contributed by atoms with E-state index in [1.807, 2.05) is 36.4 Å². The largest absolute Gasteiger partial charge is 0.481 e. The number of amides is 1. The molecule has 0 aliphatic carbocycles. The maximum atomic E-state index is 11.5. The van der Waals surface area contributed by atoms with E-state index < -0.39 is 5.97 Å². The van der Waals surface area contributed by atoms with Gasteiger partial charge in [0.15, 0.2) is 0 Å². The monoisotopic (exact) mass is 383 g/mol. The minimum Gasteiger partial charge on any atom is -0.481 e.